The maximum absolute atomic E-state index is 13.9. The highest BCUT2D eigenvalue weighted by molar-refractivity contribution is 5.94. The van der Waals surface area contributed by atoms with Crippen molar-refractivity contribution in [1.82, 2.24) is 0 Å². The fourth-order valence-corrected chi connectivity index (χ4v) is 3.44. The molecular weight excluding hydrogens is 270 g/mol. The Bertz CT molecular complexity index is 479. The summed E-state index contributed by atoms with van der Waals surface area (Å²) in [4.78, 5) is 11.2. The Morgan fingerprint density at radius 2 is 1.71 bits per heavy atom. The van der Waals surface area contributed by atoms with E-state index in [1.54, 1.807) is 0 Å². The molecule has 3 heteroatoms. The topological polar surface area (TPSA) is 17.1 Å². The van der Waals surface area contributed by atoms with E-state index in [4.69, 9.17) is 0 Å². The summed E-state index contributed by atoms with van der Waals surface area (Å²) in [5, 5.41) is 0. The average molecular weight is 294 g/mol. The Labute approximate surface area is 125 Å². The summed E-state index contributed by atoms with van der Waals surface area (Å²) in [6.45, 7) is 3.40. The first-order chi connectivity index (χ1) is 10.0. The van der Waals surface area contributed by atoms with E-state index in [9.17, 15) is 13.6 Å². The summed E-state index contributed by atoms with van der Waals surface area (Å²) in [5.41, 5.74) is 0.305. The SMILES string of the molecule is CCCC[C@H]1CC[C@H](c2cc(F)c(C(C)=O)c(F)c2)CC1. The van der Waals surface area contributed by atoms with Gasteiger partial charge in [0.2, 0.25) is 0 Å². The highest BCUT2D eigenvalue weighted by Crippen LogP contribution is 2.38. The number of benzene rings is 1. The first-order valence-electron chi connectivity index (χ1n) is 8.02. The van der Waals surface area contributed by atoms with E-state index in [1.807, 2.05) is 0 Å². The lowest BCUT2D eigenvalue weighted by atomic mass is 9.77. The van der Waals surface area contributed by atoms with Gasteiger partial charge in [0.05, 0.1) is 5.56 Å². The van der Waals surface area contributed by atoms with Crippen LogP contribution in [-0.2, 0) is 0 Å². The molecule has 1 aromatic rings. The van der Waals surface area contributed by atoms with E-state index in [1.165, 1.54) is 38.3 Å². The summed E-state index contributed by atoms with van der Waals surface area (Å²) in [5.74, 6) is -0.990. The number of hydrogen-bond donors (Lipinski definition) is 0. The van der Waals surface area contributed by atoms with Crippen LogP contribution in [0.2, 0.25) is 0 Å². The lowest BCUT2D eigenvalue weighted by Gasteiger charge is -2.29. The summed E-state index contributed by atoms with van der Waals surface area (Å²) < 4.78 is 27.8. The molecule has 0 spiro atoms. The molecule has 0 radical (unpaired) electrons. The zero-order valence-electron chi connectivity index (χ0n) is 12.9. The number of carbonyl (C=O) groups excluding carboxylic acids is 1. The maximum Gasteiger partial charge on any atom is 0.165 e. The van der Waals surface area contributed by atoms with Crippen LogP contribution in [-0.4, -0.2) is 5.78 Å². The molecule has 2 rings (SSSR count). The largest absolute Gasteiger partial charge is 0.294 e. The van der Waals surface area contributed by atoms with Crippen LogP contribution in [0.15, 0.2) is 12.1 Å². The zero-order chi connectivity index (χ0) is 15.4. The Balaban J connectivity index is 2.05. The van der Waals surface area contributed by atoms with Gasteiger partial charge in [0, 0.05) is 0 Å². The molecule has 0 aromatic heterocycles. The summed E-state index contributed by atoms with van der Waals surface area (Å²) in [6, 6.07) is 2.72. The number of ketones is 1. The predicted molar refractivity (Wildman–Crippen MR) is 80.6 cm³/mol. The van der Waals surface area contributed by atoms with E-state index < -0.39 is 23.0 Å². The normalized spacial score (nSPS) is 22.3. The van der Waals surface area contributed by atoms with Gasteiger partial charge in [0.15, 0.2) is 5.78 Å². The smallest absolute Gasteiger partial charge is 0.165 e. The Kier molecular flexibility index (Phi) is 5.49. The van der Waals surface area contributed by atoms with Gasteiger partial charge in [-0.15, -0.1) is 0 Å². The minimum absolute atomic E-state index is 0.230. The van der Waals surface area contributed by atoms with Crippen molar-refractivity contribution in [3.63, 3.8) is 0 Å². The fraction of sp³-hybridized carbons (Fsp3) is 0.611. The van der Waals surface area contributed by atoms with E-state index in [-0.39, 0.29) is 5.92 Å². The fourth-order valence-electron chi connectivity index (χ4n) is 3.44. The minimum atomic E-state index is -0.717. The first-order valence-corrected chi connectivity index (χ1v) is 8.02. The monoisotopic (exact) mass is 294 g/mol. The van der Waals surface area contributed by atoms with Gasteiger partial charge in [-0.25, -0.2) is 8.78 Å². The molecule has 1 nitrogen and oxygen atoms in total. The third kappa shape index (κ3) is 3.90. The second kappa shape index (κ2) is 7.15. The molecule has 1 aliphatic carbocycles. The number of halogens is 2. The molecule has 0 heterocycles. The molecule has 0 unspecified atom stereocenters. The number of Topliss-reactive ketones (excluding diaryl/α,β-unsaturated/α-hetero) is 1. The summed E-state index contributed by atoms with van der Waals surface area (Å²) in [6.07, 6.45) is 8.04. The third-order valence-electron chi connectivity index (χ3n) is 4.70. The van der Waals surface area contributed by atoms with Crippen molar-refractivity contribution in [3.05, 3.63) is 34.9 Å². The van der Waals surface area contributed by atoms with Crippen LogP contribution in [0.5, 0.6) is 0 Å². The zero-order valence-corrected chi connectivity index (χ0v) is 12.9. The van der Waals surface area contributed by atoms with Crippen LogP contribution < -0.4 is 0 Å². The van der Waals surface area contributed by atoms with E-state index in [0.717, 1.165) is 31.6 Å². The average Bonchev–Trinajstić information content (AvgIpc) is 2.44. The van der Waals surface area contributed by atoms with Crippen LogP contribution in [0.3, 0.4) is 0 Å². The van der Waals surface area contributed by atoms with E-state index >= 15 is 0 Å². The van der Waals surface area contributed by atoms with Gasteiger partial charge in [0.25, 0.3) is 0 Å². The van der Waals surface area contributed by atoms with Gasteiger partial charge in [-0.2, -0.15) is 0 Å². The van der Waals surface area contributed by atoms with Crippen LogP contribution in [0.1, 0.15) is 80.6 Å². The molecule has 1 fully saturated rings. The second-order valence-corrected chi connectivity index (χ2v) is 6.28. The lowest BCUT2D eigenvalue weighted by Crippen LogP contribution is -2.14. The summed E-state index contributed by atoms with van der Waals surface area (Å²) in [7, 11) is 0. The molecule has 0 saturated heterocycles. The van der Waals surface area contributed by atoms with Crippen molar-refractivity contribution in [1.29, 1.82) is 0 Å². The predicted octanol–water partition coefficient (Wildman–Crippen LogP) is 5.63. The van der Waals surface area contributed by atoms with Gasteiger partial charge in [-0.1, -0.05) is 26.2 Å². The Morgan fingerprint density at radius 1 is 1.14 bits per heavy atom. The highest BCUT2D eigenvalue weighted by atomic mass is 19.1. The van der Waals surface area contributed by atoms with Crippen LogP contribution in [0, 0.1) is 17.6 Å². The van der Waals surface area contributed by atoms with E-state index in [2.05, 4.69) is 6.92 Å². The lowest BCUT2D eigenvalue weighted by molar-refractivity contribution is 0.100. The van der Waals surface area contributed by atoms with Gasteiger partial charge in [0.1, 0.15) is 11.6 Å². The molecule has 0 atom stereocenters. The minimum Gasteiger partial charge on any atom is -0.294 e. The van der Waals surface area contributed by atoms with Crippen LogP contribution in [0.4, 0.5) is 8.78 Å². The van der Waals surface area contributed by atoms with Crippen molar-refractivity contribution in [2.24, 2.45) is 5.92 Å². The standard InChI is InChI=1S/C18H24F2O/c1-3-4-5-13-6-8-14(9-7-13)15-10-16(19)18(12(2)21)17(20)11-15/h10-11,13-14H,3-9H2,1-2H3/t13-,14-. The molecule has 0 amide bonds. The number of unbranched alkanes of at least 4 members (excludes halogenated alkanes) is 1. The Morgan fingerprint density at radius 3 is 2.19 bits per heavy atom. The molecule has 0 N–H and O–H groups in total. The highest BCUT2D eigenvalue weighted by Gasteiger charge is 2.24. The molecule has 21 heavy (non-hydrogen) atoms. The maximum atomic E-state index is 13.9. The summed E-state index contributed by atoms with van der Waals surface area (Å²) >= 11 is 0. The van der Waals surface area contributed by atoms with Crippen molar-refractivity contribution in [3.8, 4) is 0 Å². The van der Waals surface area contributed by atoms with Crippen LogP contribution in [0.25, 0.3) is 0 Å². The van der Waals surface area contributed by atoms with Crippen LogP contribution >= 0.6 is 0 Å². The molecule has 1 aliphatic rings. The molecule has 0 bridgehead atoms. The Hall–Kier alpha value is -1.25. The number of carbonyl (C=O) groups is 1. The third-order valence-corrected chi connectivity index (χ3v) is 4.70. The first kappa shape index (κ1) is 16.1. The molecule has 1 aromatic carbocycles. The van der Waals surface area contributed by atoms with Gasteiger partial charge in [-0.05, 0) is 62.1 Å². The van der Waals surface area contributed by atoms with Gasteiger partial charge < -0.3 is 0 Å². The second-order valence-electron chi connectivity index (χ2n) is 6.28. The van der Waals surface area contributed by atoms with Crippen molar-refractivity contribution in [2.75, 3.05) is 0 Å². The van der Waals surface area contributed by atoms with Crippen molar-refractivity contribution < 1.29 is 13.6 Å². The molecule has 0 aliphatic heterocycles. The number of rotatable bonds is 5. The van der Waals surface area contributed by atoms with E-state index in [0.29, 0.717) is 5.56 Å². The van der Waals surface area contributed by atoms with Crippen molar-refractivity contribution in [2.45, 2.75) is 64.7 Å². The van der Waals surface area contributed by atoms with Crippen molar-refractivity contribution >= 4 is 5.78 Å². The molecule has 1 saturated carbocycles. The molecular formula is C18H24F2O. The molecule has 116 valence electrons. The van der Waals surface area contributed by atoms with Gasteiger partial charge >= 0.3 is 0 Å². The number of hydrogen-bond acceptors (Lipinski definition) is 1. The quantitative estimate of drug-likeness (QED) is 0.643. The van der Waals surface area contributed by atoms with Gasteiger partial charge in [-0.3, -0.25) is 4.79 Å².